The predicted molar refractivity (Wildman–Crippen MR) is 141 cm³/mol. The van der Waals surface area contributed by atoms with Crippen LogP contribution in [0.4, 0.5) is 0 Å². The van der Waals surface area contributed by atoms with Crippen molar-refractivity contribution in [2.24, 2.45) is 0 Å². The molecule has 11 heteroatoms. The summed E-state index contributed by atoms with van der Waals surface area (Å²) < 4.78 is 25.0. The molecule has 0 saturated heterocycles. The number of carbonyl (C=O) groups is 1. The monoisotopic (exact) mass is 548 g/mol. The molecule has 2 aliphatic rings. The van der Waals surface area contributed by atoms with Gasteiger partial charge in [0, 0.05) is 36.0 Å². The molecule has 0 radical (unpaired) electrons. The number of methoxy groups -OCH3 is 1. The number of carbonyl (C=O) groups excluding carboxylic acids is 1. The molecule has 4 heterocycles. The van der Waals surface area contributed by atoms with Gasteiger partial charge in [-0.25, -0.2) is 9.78 Å². The second-order valence-corrected chi connectivity index (χ2v) is 9.71. The number of aliphatic hydroxyl groups excluding tert-OH is 1. The minimum absolute atomic E-state index is 0.0288. The smallest absolute Gasteiger partial charge is 0.342 e. The van der Waals surface area contributed by atoms with Crippen LogP contribution in [0.1, 0.15) is 37.0 Å². The van der Waals surface area contributed by atoms with Crippen LogP contribution >= 0.6 is 11.6 Å². The summed E-state index contributed by atoms with van der Waals surface area (Å²) in [5.41, 5.74) is 0.489. The standard InChI is InChI=1S/C28H25ClN4O6/c1-4-37-26(35)23-19-9-7-17(29)13-21(19)39-28(24(23)34)10-5-11-33-25(31-32-27(28)33)16-6-8-18(20(12-16)36-3)22-14-30-15(2)38-22/h6-9,12-14,34H,4-5,10-11H2,1-3H3. The van der Waals surface area contributed by atoms with E-state index in [2.05, 4.69) is 15.2 Å². The van der Waals surface area contributed by atoms with Crippen molar-refractivity contribution < 1.29 is 28.5 Å². The number of aliphatic hydroxyl groups is 1. The lowest BCUT2D eigenvalue weighted by Gasteiger charge is -2.40. The molecular weight excluding hydrogens is 524 g/mol. The fourth-order valence-corrected chi connectivity index (χ4v) is 5.39. The average Bonchev–Trinajstić information content (AvgIpc) is 3.56. The highest BCUT2D eigenvalue weighted by Crippen LogP contribution is 2.50. The van der Waals surface area contributed by atoms with E-state index in [1.165, 1.54) is 0 Å². The zero-order valence-electron chi connectivity index (χ0n) is 21.5. The lowest BCUT2D eigenvalue weighted by Crippen LogP contribution is -2.44. The normalized spacial score (nSPS) is 17.9. The van der Waals surface area contributed by atoms with Gasteiger partial charge >= 0.3 is 5.97 Å². The predicted octanol–water partition coefficient (Wildman–Crippen LogP) is 5.48. The van der Waals surface area contributed by atoms with Crippen LogP contribution in [0.15, 0.2) is 52.8 Å². The molecular formula is C28H25ClN4O6. The first kappa shape index (κ1) is 25.0. The molecule has 1 atom stereocenters. The van der Waals surface area contributed by atoms with Crippen molar-refractivity contribution >= 4 is 23.1 Å². The molecule has 1 unspecified atom stereocenters. The SMILES string of the molecule is CCOC(=O)C1=C(O)C2(CCCn3c(-c4ccc(-c5cnc(C)o5)c(OC)c4)nnc32)Oc2cc(Cl)ccc21. The number of aryl methyl sites for hydroxylation is 1. The van der Waals surface area contributed by atoms with Gasteiger partial charge in [-0.3, -0.25) is 0 Å². The van der Waals surface area contributed by atoms with Gasteiger partial charge in [0.15, 0.2) is 29.1 Å². The second kappa shape index (κ2) is 9.46. The first-order valence-corrected chi connectivity index (χ1v) is 12.9. The lowest BCUT2D eigenvalue weighted by atomic mass is 9.84. The van der Waals surface area contributed by atoms with E-state index in [0.29, 0.717) is 64.8 Å². The number of benzene rings is 2. The van der Waals surface area contributed by atoms with Gasteiger partial charge in [0.1, 0.15) is 17.1 Å². The summed E-state index contributed by atoms with van der Waals surface area (Å²) in [5.74, 6) is 2.11. The Morgan fingerprint density at radius 3 is 2.77 bits per heavy atom. The van der Waals surface area contributed by atoms with E-state index in [1.807, 2.05) is 22.8 Å². The second-order valence-electron chi connectivity index (χ2n) is 9.27. The summed E-state index contributed by atoms with van der Waals surface area (Å²) >= 11 is 6.27. The minimum Gasteiger partial charge on any atom is -0.507 e. The van der Waals surface area contributed by atoms with Crippen molar-refractivity contribution in [1.82, 2.24) is 19.7 Å². The Labute approximate surface area is 228 Å². The van der Waals surface area contributed by atoms with Gasteiger partial charge in [-0.05, 0) is 43.7 Å². The van der Waals surface area contributed by atoms with Gasteiger partial charge in [-0.1, -0.05) is 17.7 Å². The molecule has 0 fully saturated rings. The Kier molecular flexibility index (Phi) is 6.06. The summed E-state index contributed by atoms with van der Waals surface area (Å²) in [5, 5.41) is 21.0. The summed E-state index contributed by atoms with van der Waals surface area (Å²) in [4.78, 5) is 17.2. The maximum Gasteiger partial charge on any atom is 0.342 e. The molecule has 2 aromatic carbocycles. The van der Waals surface area contributed by atoms with Gasteiger partial charge in [-0.2, -0.15) is 0 Å². The quantitative estimate of drug-likeness (QED) is 0.323. The Morgan fingerprint density at radius 2 is 2.03 bits per heavy atom. The van der Waals surface area contributed by atoms with Crippen LogP contribution < -0.4 is 9.47 Å². The first-order valence-electron chi connectivity index (χ1n) is 12.5. The molecule has 0 saturated carbocycles. The number of oxazole rings is 1. The molecule has 200 valence electrons. The van der Waals surface area contributed by atoms with E-state index < -0.39 is 11.6 Å². The zero-order chi connectivity index (χ0) is 27.3. The number of nitrogens with zero attached hydrogens (tertiary/aromatic N) is 4. The van der Waals surface area contributed by atoms with Crippen LogP contribution in [-0.2, 0) is 21.7 Å². The molecule has 4 aromatic rings. The Balaban J connectivity index is 1.48. The lowest BCUT2D eigenvalue weighted by molar-refractivity contribution is -0.136. The highest BCUT2D eigenvalue weighted by Gasteiger charge is 2.52. The van der Waals surface area contributed by atoms with Crippen LogP contribution in [0.5, 0.6) is 11.5 Å². The van der Waals surface area contributed by atoms with Crippen LogP contribution in [0.3, 0.4) is 0 Å². The van der Waals surface area contributed by atoms with E-state index in [-0.39, 0.29) is 17.9 Å². The van der Waals surface area contributed by atoms with Crippen LogP contribution in [0.25, 0.3) is 28.3 Å². The molecule has 2 aromatic heterocycles. The molecule has 0 bridgehead atoms. The number of ether oxygens (including phenoxy) is 3. The van der Waals surface area contributed by atoms with Crippen LogP contribution in [0, 0.1) is 6.92 Å². The average molecular weight is 549 g/mol. The maximum absolute atomic E-state index is 13.0. The number of aromatic nitrogens is 4. The maximum atomic E-state index is 13.0. The number of rotatable bonds is 5. The van der Waals surface area contributed by atoms with Crippen molar-refractivity contribution in [3.8, 4) is 34.2 Å². The van der Waals surface area contributed by atoms with Crippen molar-refractivity contribution in [2.45, 2.75) is 38.8 Å². The van der Waals surface area contributed by atoms with Gasteiger partial charge in [0.25, 0.3) is 0 Å². The highest BCUT2D eigenvalue weighted by atomic mass is 35.5. The largest absolute Gasteiger partial charge is 0.507 e. The van der Waals surface area contributed by atoms with E-state index in [0.717, 1.165) is 11.1 Å². The zero-order valence-corrected chi connectivity index (χ0v) is 22.3. The summed E-state index contributed by atoms with van der Waals surface area (Å²) in [6.45, 7) is 4.22. The molecule has 2 aliphatic heterocycles. The number of fused-ring (bicyclic) bond motifs is 3. The third kappa shape index (κ3) is 3.94. The number of hydrogen-bond acceptors (Lipinski definition) is 9. The highest BCUT2D eigenvalue weighted by molar-refractivity contribution is 6.31. The molecule has 1 spiro atoms. The molecule has 6 rings (SSSR count). The summed E-state index contributed by atoms with van der Waals surface area (Å²) in [6, 6.07) is 10.5. The molecule has 39 heavy (non-hydrogen) atoms. The summed E-state index contributed by atoms with van der Waals surface area (Å²) in [7, 11) is 1.58. The van der Waals surface area contributed by atoms with E-state index in [9.17, 15) is 9.90 Å². The van der Waals surface area contributed by atoms with Gasteiger partial charge in [0.05, 0.1) is 25.5 Å². The Bertz CT molecular complexity index is 1640. The number of esters is 1. The summed E-state index contributed by atoms with van der Waals surface area (Å²) in [6.07, 6.45) is 2.65. The third-order valence-corrected chi connectivity index (χ3v) is 7.20. The van der Waals surface area contributed by atoms with Crippen LogP contribution in [0.2, 0.25) is 5.02 Å². The first-order chi connectivity index (χ1) is 18.9. The third-order valence-electron chi connectivity index (χ3n) is 6.97. The van der Waals surface area contributed by atoms with Crippen molar-refractivity contribution in [2.75, 3.05) is 13.7 Å². The van der Waals surface area contributed by atoms with E-state index >= 15 is 0 Å². The topological polar surface area (TPSA) is 122 Å². The van der Waals surface area contributed by atoms with Gasteiger partial charge < -0.3 is 28.3 Å². The van der Waals surface area contributed by atoms with Crippen molar-refractivity contribution in [3.05, 3.63) is 70.7 Å². The van der Waals surface area contributed by atoms with Crippen molar-refractivity contribution in [3.63, 3.8) is 0 Å². The Morgan fingerprint density at radius 1 is 1.21 bits per heavy atom. The molecule has 10 nitrogen and oxygen atoms in total. The number of halogens is 1. The molecule has 1 N–H and O–H groups in total. The van der Waals surface area contributed by atoms with Crippen molar-refractivity contribution in [1.29, 1.82) is 0 Å². The van der Waals surface area contributed by atoms with Gasteiger partial charge in [0.2, 0.25) is 5.60 Å². The van der Waals surface area contributed by atoms with Gasteiger partial charge in [-0.15, -0.1) is 10.2 Å². The van der Waals surface area contributed by atoms with E-state index in [1.54, 1.807) is 45.4 Å². The molecule has 0 aliphatic carbocycles. The number of hydrogen-bond donors (Lipinski definition) is 1. The van der Waals surface area contributed by atoms with Crippen LogP contribution in [-0.4, -0.2) is 44.5 Å². The Hall–Kier alpha value is -4.31. The molecule has 0 amide bonds. The minimum atomic E-state index is -1.44. The van der Waals surface area contributed by atoms with E-state index in [4.69, 9.17) is 30.2 Å². The fraction of sp³-hybridized carbons (Fsp3) is 0.286. The fourth-order valence-electron chi connectivity index (χ4n) is 5.23.